The van der Waals surface area contributed by atoms with Crippen LogP contribution in [0.4, 0.5) is 5.69 Å². The highest BCUT2D eigenvalue weighted by Gasteiger charge is 2.47. The van der Waals surface area contributed by atoms with E-state index in [9.17, 15) is 14.7 Å². The molecule has 5 rings (SSSR count). The molecule has 0 aliphatic carbocycles. The van der Waals surface area contributed by atoms with Gasteiger partial charge in [-0.15, -0.1) is 0 Å². The van der Waals surface area contributed by atoms with Crippen molar-refractivity contribution in [1.82, 2.24) is 9.47 Å². The highest BCUT2D eigenvalue weighted by atomic mass is 16.7. The molecule has 1 saturated heterocycles. The number of ether oxygens (including phenoxy) is 3. The van der Waals surface area contributed by atoms with Gasteiger partial charge in [0.15, 0.2) is 11.5 Å². The maximum atomic E-state index is 14.1. The normalized spacial score (nSPS) is 19.5. The summed E-state index contributed by atoms with van der Waals surface area (Å²) in [6, 6.07) is 15.2. The second-order valence-corrected chi connectivity index (χ2v) is 11.3. The maximum Gasteiger partial charge on any atom is 0.308 e. The Labute approximate surface area is 252 Å². The molecular formula is C33H42N4O6. The van der Waals surface area contributed by atoms with Gasteiger partial charge in [0, 0.05) is 56.2 Å². The van der Waals surface area contributed by atoms with Crippen molar-refractivity contribution in [3.8, 4) is 17.2 Å². The number of carbonyl (C=O) groups excluding carboxylic acids is 1. The van der Waals surface area contributed by atoms with Crippen molar-refractivity contribution in [2.45, 2.75) is 51.1 Å². The van der Waals surface area contributed by atoms with E-state index in [1.165, 1.54) is 0 Å². The van der Waals surface area contributed by atoms with Crippen molar-refractivity contribution in [3.05, 3.63) is 71.5 Å². The molecule has 1 fully saturated rings. The number of likely N-dealkylation sites (tertiary alicyclic amines) is 1. The standard InChI is InChI=1S/C33H42N4O6/c1-4-5-14-37(25-9-6-8-22(15-25)18-34)30(38)20-36-19-26(23-16-28(41-3)32-29(17-23)42-21-43-32)31(33(39)40)27(36)12-11-24-10-7-13-35(24)2/h6-10,13,15-17,26-27,31H,4-5,11-12,14,18-21,34H2,1-3H3,(H,39,40)/t26-,27+,31?/m1/s1. The van der Waals surface area contributed by atoms with E-state index in [1.807, 2.05) is 60.6 Å². The number of methoxy groups -OCH3 is 1. The average Bonchev–Trinajstić information content (AvgIpc) is 3.74. The van der Waals surface area contributed by atoms with Crippen LogP contribution in [0.2, 0.25) is 0 Å². The molecule has 3 aromatic rings. The molecule has 3 atom stereocenters. The fourth-order valence-electron chi connectivity index (χ4n) is 6.43. The number of hydrogen-bond donors (Lipinski definition) is 2. The zero-order chi connectivity index (χ0) is 30.5. The van der Waals surface area contributed by atoms with Crippen LogP contribution in [0.1, 0.15) is 48.9 Å². The highest BCUT2D eigenvalue weighted by Crippen LogP contribution is 2.47. The van der Waals surface area contributed by atoms with Crippen LogP contribution in [-0.2, 0) is 29.6 Å². The summed E-state index contributed by atoms with van der Waals surface area (Å²) in [5.74, 6) is -0.478. The van der Waals surface area contributed by atoms with Crippen LogP contribution in [0.25, 0.3) is 0 Å². The van der Waals surface area contributed by atoms with E-state index in [2.05, 4.69) is 22.5 Å². The van der Waals surface area contributed by atoms with Gasteiger partial charge in [-0.25, -0.2) is 0 Å². The minimum Gasteiger partial charge on any atom is -0.493 e. The molecule has 3 heterocycles. The molecule has 3 N–H and O–H groups in total. The first kappa shape index (κ1) is 30.4. The molecule has 10 nitrogen and oxygen atoms in total. The number of unbranched alkanes of at least 4 members (excludes halogenated alkanes) is 1. The van der Waals surface area contributed by atoms with Gasteiger partial charge in [0.25, 0.3) is 0 Å². The molecule has 0 radical (unpaired) electrons. The SMILES string of the molecule is CCCCN(C(=O)CN1C[C@H](c2cc(OC)c3c(c2)OCO3)C(C(=O)O)[C@@H]1CCc1cccn1C)c1cccc(CN)c1. The summed E-state index contributed by atoms with van der Waals surface area (Å²) >= 11 is 0. The first-order valence-electron chi connectivity index (χ1n) is 15.0. The molecule has 0 saturated carbocycles. The zero-order valence-corrected chi connectivity index (χ0v) is 25.2. The van der Waals surface area contributed by atoms with Crippen LogP contribution in [0.15, 0.2) is 54.7 Å². The third-order valence-corrected chi connectivity index (χ3v) is 8.72. The van der Waals surface area contributed by atoms with Crippen molar-refractivity contribution in [2.24, 2.45) is 18.7 Å². The summed E-state index contributed by atoms with van der Waals surface area (Å²) in [5, 5.41) is 10.6. The number of anilines is 1. The number of aromatic nitrogens is 1. The Bertz CT molecular complexity index is 1440. The Hall–Kier alpha value is -4.02. The minimum absolute atomic E-state index is 0.0560. The number of fused-ring (bicyclic) bond motifs is 1. The minimum atomic E-state index is -0.882. The number of carboxylic acids is 1. The van der Waals surface area contributed by atoms with Crippen molar-refractivity contribution >= 4 is 17.6 Å². The van der Waals surface area contributed by atoms with Gasteiger partial charge in [-0.05, 0) is 66.8 Å². The Morgan fingerprint density at radius 3 is 2.70 bits per heavy atom. The zero-order valence-electron chi connectivity index (χ0n) is 25.2. The predicted octanol–water partition coefficient (Wildman–Crippen LogP) is 4.16. The maximum absolute atomic E-state index is 14.1. The molecule has 2 aliphatic rings. The number of amides is 1. The van der Waals surface area contributed by atoms with Gasteiger partial charge in [-0.2, -0.15) is 0 Å². The largest absolute Gasteiger partial charge is 0.493 e. The van der Waals surface area contributed by atoms with Gasteiger partial charge in [0.1, 0.15) is 0 Å². The van der Waals surface area contributed by atoms with Crippen molar-refractivity contribution in [1.29, 1.82) is 0 Å². The number of aliphatic carboxylic acids is 1. The molecule has 10 heteroatoms. The number of carboxylic acid groups (broad SMARTS) is 1. The molecule has 1 aromatic heterocycles. The van der Waals surface area contributed by atoms with Gasteiger partial charge >= 0.3 is 5.97 Å². The van der Waals surface area contributed by atoms with Crippen molar-refractivity contribution < 1.29 is 28.9 Å². The number of carbonyl (C=O) groups is 2. The number of benzene rings is 2. The van der Waals surface area contributed by atoms with Crippen LogP contribution < -0.4 is 24.8 Å². The summed E-state index contributed by atoms with van der Waals surface area (Å²) < 4.78 is 18.9. The Morgan fingerprint density at radius 1 is 1.16 bits per heavy atom. The molecular weight excluding hydrogens is 548 g/mol. The molecule has 2 aliphatic heterocycles. The Morgan fingerprint density at radius 2 is 2.00 bits per heavy atom. The summed E-state index contributed by atoms with van der Waals surface area (Å²) in [6.45, 7) is 3.67. The fourth-order valence-corrected chi connectivity index (χ4v) is 6.43. The molecule has 0 bridgehead atoms. The summed E-state index contributed by atoms with van der Waals surface area (Å²) in [6.07, 6.45) is 5.07. The third-order valence-electron chi connectivity index (χ3n) is 8.72. The van der Waals surface area contributed by atoms with Gasteiger partial charge < -0.3 is 34.5 Å². The molecule has 43 heavy (non-hydrogen) atoms. The number of rotatable bonds is 13. The second-order valence-electron chi connectivity index (χ2n) is 11.3. The van der Waals surface area contributed by atoms with Crippen LogP contribution in [-0.4, -0.2) is 66.0 Å². The first-order valence-corrected chi connectivity index (χ1v) is 15.0. The Balaban J connectivity index is 1.48. The monoisotopic (exact) mass is 590 g/mol. The van der Waals surface area contributed by atoms with E-state index < -0.39 is 11.9 Å². The van der Waals surface area contributed by atoms with Crippen LogP contribution in [0.3, 0.4) is 0 Å². The van der Waals surface area contributed by atoms with Crippen LogP contribution in [0, 0.1) is 5.92 Å². The number of hydrogen-bond acceptors (Lipinski definition) is 7. The number of aryl methyl sites for hydroxylation is 2. The van der Waals surface area contributed by atoms with E-state index in [-0.39, 0.29) is 31.2 Å². The lowest BCUT2D eigenvalue weighted by Gasteiger charge is -2.30. The van der Waals surface area contributed by atoms with E-state index in [1.54, 1.807) is 7.11 Å². The van der Waals surface area contributed by atoms with Crippen molar-refractivity contribution in [3.63, 3.8) is 0 Å². The quantitative estimate of drug-likeness (QED) is 0.305. The highest BCUT2D eigenvalue weighted by molar-refractivity contribution is 5.95. The Kier molecular flexibility index (Phi) is 9.57. The van der Waals surface area contributed by atoms with E-state index in [0.717, 1.165) is 35.3 Å². The van der Waals surface area contributed by atoms with Crippen LogP contribution >= 0.6 is 0 Å². The molecule has 0 spiro atoms. The topological polar surface area (TPSA) is 119 Å². The predicted molar refractivity (Wildman–Crippen MR) is 164 cm³/mol. The van der Waals surface area contributed by atoms with Gasteiger partial charge in [-0.3, -0.25) is 14.5 Å². The van der Waals surface area contributed by atoms with Gasteiger partial charge in [-0.1, -0.05) is 25.5 Å². The number of nitrogens with zero attached hydrogens (tertiary/aromatic N) is 3. The summed E-state index contributed by atoms with van der Waals surface area (Å²) in [5.41, 5.74) is 9.59. The average molecular weight is 591 g/mol. The first-order chi connectivity index (χ1) is 20.8. The lowest BCUT2D eigenvalue weighted by atomic mass is 9.83. The fraction of sp³-hybridized carbons (Fsp3) is 0.455. The van der Waals surface area contributed by atoms with Gasteiger partial charge in [0.05, 0.1) is 19.6 Å². The summed E-state index contributed by atoms with van der Waals surface area (Å²) in [4.78, 5) is 30.9. The molecule has 1 unspecified atom stereocenters. The lowest BCUT2D eigenvalue weighted by Crippen LogP contribution is -2.44. The molecule has 2 aromatic carbocycles. The third kappa shape index (κ3) is 6.50. The number of nitrogens with two attached hydrogens (primary N) is 1. The van der Waals surface area contributed by atoms with Gasteiger partial charge in [0.2, 0.25) is 18.4 Å². The van der Waals surface area contributed by atoms with Crippen LogP contribution in [0.5, 0.6) is 17.2 Å². The van der Waals surface area contributed by atoms with Crippen molar-refractivity contribution in [2.75, 3.05) is 38.4 Å². The lowest BCUT2D eigenvalue weighted by molar-refractivity contribution is -0.143. The van der Waals surface area contributed by atoms with E-state index >= 15 is 0 Å². The van der Waals surface area contributed by atoms with E-state index in [0.29, 0.717) is 49.7 Å². The smallest absolute Gasteiger partial charge is 0.308 e. The second kappa shape index (κ2) is 13.5. The molecule has 230 valence electrons. The molecule has 1 amide bonds. The summed E-state index contributed by atoms with van der Waals surface area (Å²) in [7, 11) is 3.55. The van der Waals surface area contributed by atoms with E-state index in [4.69, 9.17) is 19.9 Å².